The van der Waals surface area contributed by atoms with E-state index < -0.39 is 12.0 Å². The third kappa shape index (κ3) is 2.12. The molecule has 1 N–H and O–H groups in total. The van der Waals surface area contributed by atoms with Gasteiger partial charge in [-0.2, -0.15) is 8.78 Å². The fourth-order valence-corrected chi connectivity index (χ4v) is 0.969. The van der Waals surface area contributed by atoms with Crippen molar-refractivity contribution in [3.63, 3.8) is 0 Å². The topological polar surface area (TPSA) is 20.2 Å². The molecule has 0 amide bonds. The number of halogens is 2. The fourth-order valence-electron chi connectivity index (χ4n) is 0.969. The lowest BCUT2D eigenvalue weighted by Crippen LogP contribution is -2.23. The first-order chi connectivity index (χ1) is 6.08. The molecule has 1 rings (SSSR count). The van der Waals surface area contributed by atoms with Crippen LogP contribution in [0.4, 0.5) is 8.78 Å². The van der Waals surface area contributed by atoms with E-state index in [-0.39, 0.29) is 5.56 Å². The van der Waals surface area contributed by atoms with Crippen molar-refractivity contribution in [2.24, 2.45) is 0 Å². The highest BCUT2D eigenvalue weighted by atomic mass is 19.3. The molecule has 0 spiro atoms. The minimum absolute atomic E-state index is 0.187. The van der Waals surface area contributed by atoms with Gasteiger partial charge in [-0.25, -0.2) is 0 Å². The smallest absolute Gasteiger partial charge is 0.295 e. The molecule has 3 heteroatoms. The van der Waals surface area contributed by atoms with Crippen molar-refractivity contribution in [3.8, 4) is 0 Å². The Labute approximate surface area is 75.3 Å². The zero-order valence-electron chi connectivity index (χ0n) is 6.95. The molecule has 1 atom stereocenters. The van der Waals surface area contributed by atoms with E-state index in [1.807, 2.05) is 0 Å². The molecule has 0 radical (unpaired) electrons. The van der Waals surface area contributed by atoms with E-state index in [1.165, 1.54) is 12.1 Å². The van der Waals surface area contributed by atoms with Gasteiger partial charge in [0.05, 0.1) is 0 Å². The summed E-state index contributed by atoms with van der Waals surface area (Å²) in [4.78, 5) is 0. The van der Waals surface area contributed by atoms with Crippen molar-refractivity contribution in [3.05, 3.63) is 48.6 Å². The van der Waals surface area contributed by atoms with Crippen LogP contribution >= 0.6 is 0 Å². The van der Waals surface area contributed by atoms with Crippen molar-refractivity contribution in [2.75, 3.05) is 0 Å². The third-order valence-electron chi connectivity index (χ3n) is 1.75. The number of aliphatic hydroxyl groups excluding tert-OH is 1. The van der Waals surface area contributed by atoms with Crippen LogP contribution in [-0.2, 0) is 0 Å². The number of hydrogen-bond donors (Lipinski definition) is 1. The van der Waals surface area contributed by atoms with Crippen LogP contribution in [0.3, 0.4) is 0 Å². The van der Waals surface area contributed by atoms with Crippen molar-refractivity contribution in [1.29, 1.82) is 0 Å². The third-order valence-corrected chi connectivity index (χ3v) is 1.75. The summed E-state index contributed by atoms with van der Waals surface area (Å²) in [6.07, 6.45) is -1.36. The van der Waals surface area contributed by atoms with Gasteiger partial charge in [-0.3, -0.25) is 0 Å². The fraction of sp³-hybridized carbons (Fsp3) is 0.200. The highest BCUT2D eigenvalue weighted by molar-refractivity contribution is 5.20. The quantitative estimate of drug-likeness (QED) is 0.716. The van der Waals surface area contributed by atoms with E-state index >= 15 is 0 Å². The van der Waals surface area contributed by atoms with Crippen molar-refractivity contribution < 1.29 is 13.9 Å². The van der Waals surface area contributed by atoms with Gasteiger partial charge < -0.3 is 5.11 Å². The second-order valence-electron chi connectivity index (χ2n) is 2.69. The summed E-state index contributed by atoms with van der Waals surface area (Å²) in [6, 6.07) is 7.78. The Bertz CT molecular complexity index is 282. The molecule has 1 nitrogen and oxygen atoms in total. The standard InChI is InChI=1S/C10H10F2O/c1-2-10(11,12)9(13)8-6-4-3-5-7-8/h2-7,9,13H,1H2/t9-/m0/s1. The van der Waals surface area contributed by atoms with Gasteiger partial charge in [-0.1, -0.05) is 36.9 Å². The van der Waals surface area contributed by atoms with Crippen molar-refractivity contribution in [1.82, 2.24) is 0 Å². The molecular weight excluding hydrogens is 174 g/mol. The van der Waals surface area contributed by atoms with Gasteiger partial charge in [0.25, 0.3) is 5.92 Å². The molecule has 13 heavy (non-hydrogen) atoms. The summed E-state index contributed by atoms with van der Waals surface area (Å²) in [5.74, 6) is -3.28. The Morgan fingerprint density at radius 2 is 1.85 bits per heavy atom. The highest BCUT2D eigenvalue weighted by Crippen LogP contribution is 2.31. The summed E-state index contributed by atoms with van der Waals surface area (Å²) >= 11 is 0. The summed E-state index contributed by atoms with van der Waals surface area (Å²) in [5.41, 5.74) is 0.187. The Morgan fingerprint density at radius 3 is 2.31 bits per heavy atom. The zero-order valence-corrected chi connectivity index (χ0v) is 6.95. The molecule has 1 aromatic rings. The maximum absolute atomic E-state index is 12.9. The van der Waals surface area contributed by atoms with Gasteiger partial charge >= 0.3 is 0 Å². The Balaban J connectivity index is 2.91. The molecular formula is C10H10F2O. The average Bonchev–Trinajstić information content (AvgIpc) is 2.18. The van der Waals surface area contributed by atoms with Crippen molar-refractivity contribution >= 4 is 0 Å². The summed E-state index contributed by atoms with van der Waals surface area (Å²) in [5, 5.41) is 9.23. The number of aliphatic hydroxyl groups is 1. The minimum atomic E-state index is -3.28. The predicted octanol–water partition coefficient (Wildman–Crippen LogP) is 2.54. The van der Waals surface area contributed by atoms with Crippen LogP contribution in [-0.4, -0.2) is 11.0 Å². The van der Waals surface area contributed by atoms with Gasteiger partial charge in [0.2, 0.25) is 0 Å². The number of alkyl halides is 2. The SMILES string of the molecule is C=CC(F)(F)[C@@H](O)c1ccccc1. The summed E-state index contributed by atoms with van der Waals surface area (Å²) in [7, 11) is 0. The zero-order chi connectivity index (χ0) is 9.90. The van der Waals surface area contributed by atoms with Crippen LogP contribution in [0.1, 0.15) is 11.7 Å². The molecule has 0 aromatic heterocycles. The Hall–Kier alpha value is -1.22. The molecule has 0 saturated carbocycles. The summed E-state index contributed by atoms with van der Waals surface area (Å²) < 4.78 is 25.7. The first kappa shape index (κ1) is 9.86. The molecule has 0 saturated heterocycles. The first-order valence-electron chi connectivity index (χ1n) is 3.82. The van der Waals surface area contributed by atoms with Crippen LogP contribution < -0.4 is 0 Å². The maximum Gasteiger partial charge on any atom is 0.295 e. The van der Waals surface area contributed by atoms with Crippen LogP contribution in [0, 0.1) is 0 Å². The van der Waals surface area contributed by atoms with E-state index in [0.29, 0.717) is 6.08 Å². The van der Waals surface area contributed by atoms with Gasteiger partial charge in [0.15, 0.2) is 0 Å². The van der Waals surface area contributed by atoms with E-state index in [0.717, 1.165) is 0 Å². The lowest BCUT2D eigenvalue weighted by molar-refractivity contribution is -0.0712. The predicted molar refractivity (Wildman–Crippen MR) is 46.5 cm³/mol. The Morgan fingerprint density at radius 1 is 1.31 bits per heavy atom. The van der Waals surface area contributed by atoms with Crippen LogP contribution in [0.2, 0.25) is 0 Å². The molecule has 0 aliphatic rings. The number of rotatable bonds is 3. The minimum Gasteiger partial charge on any atom is -0.382 e. The van der Waals surface area contributed by atoms with E-state index in [2.05, 4.69) is 6.58 Å². The Kier molecular flexibility index (Phi) is 2.78. The van der Waals surface area contributed by atoms with Gasteiger partial charge in [-0.05, 0) is 11.6 Å². The molecule has 1 aromatic carbocycles. The van der Waals surface area contributed by atoms with E-state index in [9.17, 15) is 13.9 Å². The molecule has 70 valence electrons. The largest absolute Gasteiger partial charge is 0.382 e. The molecule has 0 unspecified atom stereocenters. The van der Waals surface area contributed by atoms with Crippen molar-refractivity contribution in [2.45, 2.75) is 12.0 Å². The lowest BCUT2D eigenvalue weighted by atomic mass is 10.0. The van der Waals surface area contributed by atoms with Crippen LogP contribution in [0.5, 0.6) is 0 Å². The molecule has 0 bridgehead atoms. The van der Waals surface area contributed by atoms with Gasteiger partial charge in [0, 0.05) is 0 Å². The van der Waals surface area contributed by atoms with Gasteiger partial charge in [-0.15, -0.1) is 0 Å². The summed E-state index contributed by atoms with van der Waals surface area (Å²) in [6.45, 7) is 2.97. The second kappa shape index (κ2) is 3.66. The average molecular weight is 184 g/mol. The van der Waals surface area contributed by atoms with Crippen LogP contribution in [0.15, 0.2) is 43.0 Å². The first-order valence-corrected chi connectivity index (χ1v) is 3.82. The molecule has 0 aliphatic heterocycles. The second-order valence-corrected chi connectivity index (χ2v) is 2.69. The highest BCUT2D eigenvalue weighted by Gasteiger charge is 2.35. The van der Waals surface area contributed by atoms with Gasteiger partial charge in [0.1, 0.15) is 6.10 Å². The monoisotopic (exact) mass is 184 g/mol. The lowest BCUT2D eigenvalue weighted by Gasteiger charge is -2.18. The number of benzene rings is 1. The normalized spacial score (nSPS) is 13.8. The maximum atomic E-state index is 12.9. The number of hydrogen-bond acceptors (Lipinski definition) is 1. The van der Waals surface area contributed by atoms with E-state index in [4.69, 9.17) is 0 Å². The van der Waals surface area contributed by atoms with Crippen LogP contribution in [0.25, 0.3) is 0 Å². The van der Waals surface area contributed by atoms with E-state index in [1.54, 1.807) is 18.2 Å². The molecule has 0 fully saturated rings. The molecule has 0 aliphatic carbocycles. The molecule has 0 heterocycles.